The summed E-state index contributed by atoms with van der Waals surface area (Å²) in [5, 5.41) is 0. The molecule has 1 heterocycles. The highest BCUT2D eigenvalue weighted by Crippen LogP contribution is 2.13. The van der Waals surface area contributed by atoms with Crippen molar-refractivity contribution in [1.29, 1.82) is 0 Å². The molecule has 88 valence electrons. The molecule has 0 amide bonds. The molecule has 5 heteroatoms. The monoisotopic (exact) mass is 234 g/mol. The summed E-state index contributed by atoms with van der Waals surface area (Å²) >= 11 is 0. The van der Waals surface area contributed by atoms with Gasteiger partial charge in [0, 0.05) is 6.20 Å². The molecule has 0 aliphatic carbocycles. The lowest BCUT2D eigenvalue weighted by atomic mass is 10.3. The predicted octanol–water partition coefficient (Wildman–Crippen LogP) is 2.19. The van der Waals surface area contributed by atoms with Gasteiger partial charge in [-0.2, -0.15) is 0 Å². The predicted molar refractivity (Wildman–Crippen MR) is 59.5 cm³/mol. The lowest BCUT2D eigenvalue weighted by Gasteiger charge is -2.02. The number of para-hydroxylation sites is 1. The molecule has 0 unspecified atom stereocenters. The molecular formula is C12H11FN2O2. The van der Waals surface area contributed by atoms with Crippen molar-refractivity contribution in [3.63, 3.8) is 0 Å². The molecule has 2 aromatic rings. The van der Waals surface area contributed by atoms with Crippen molar-refractivity contribution in [1.82, 2.24) is 9.55 Å². The number of hydrogen-bond donors (Lipinski definition) is 0. The van der Waals surface area contributed by atoms with E-state index in [1.54, 1.807) is 25.1 Å². The highest BCUT2D eigenvalue weighted by Gasteiger charge is 2.11. The van der Waals surface area contributed by atoms with Crippen LogP contribution in [-0.4, -0.2) is 22.1 Å². The smallest absolute Gasteiger partial charge is 0.358 e. The Bertz CT molecular complexity index is 537. The Morgan fingerprint density at radius 2 is 2.24 bits per heavy atom. The Labute approximate surface area is 97.7 Å². The molecule has 0 spiro atoms. The largest absolute Gasteiger partial charge is 0.461 e. The van der Waals surface area contributed by atoms with Crippen LogP contribution in [0.2, 0.25) is 0 Å². The van der Waals surface area contributed by atoms with Crippen molar-refractivity contribution in [2.75, 3.05) is 6.61 Å². The van der Waals surface area contributed by atoms with Gasteiger partial charge in [-0.25, -0.2) is 14.2 Å². The summed E-state index contributed by atoms with van der Waals surface area (Å²) in [4.78, 5) is 15.3. The number of benzene rings is 1. The van der Waals surface area contributed by atoms with Gasteiger partial charge >= 0.3 is 5.97 Å². The van der Waals surface area contributed by atoms with Crippen LogP contribution in [0.3, 0.4) is 0 Å². The van der Waals surface area contributed by atoms with Crippen LogP contribution < -0.4 is 0 Å². The molecule has 0 saturated heterocycles. The average molecular weight is 234 g/mol. The topological polar surface area (TPSA) is 44.1 Å². The lowest BCUT2D eigenvalue weighted by molar-refractivity contribution is 0.0520. The number of imidazole rings is 1. The Morgan fingerprint density at radius 1 is 1.47 bits per heavy atom. The Balaban J connectivity index is 2.30. The van der Waals surface area contributed by atoms with Gasteiger partial charge in [0.1, 0.15) is 12.1 Å². The fraction of sp³-hybridized carbons (Fsp3) is 0.167. The van der Waals surface area contributed by atoms with Gasteiger partial charge in [0.05, 0.1) is 12.3 Å². The molecular weight excluding hydrogens is 223 g/mol. The van der Waals surface area contributed by atoms with Crippen LogP contribution >= 0.6 is 0 Å². The first-order valence-electron chi connectivity index (χ1n) is 5.18. The number of nitrogens with zero attached hydrogens (tertiary/aromatic N) is 2. The maximum Gasteiger partial charge on any atom is 0.358 e. The van der Waals surface area contributed by atoms with Gasteiger partial charge in [-0.05, 0) is 19.1 Å². The van der Waals surface area contributed by atoms with Crippen molar-refractivity contribution in [2.45, 2.75) is 6.92 Å². The molecule has 17 heavy (non-hydrogen) atoms. The Kier molecular flexibility index (Phi) is 3.18. The third-order valence-electron chi connectivity index (χ3n) is 2.20. The van der Waals surface area contributed by atoms with E-state index in [1.165, 1.54) is 23.2 Å². The highest BCUT2D eigenvalue weighted by atomic mass is 19.1. The fourth-order valence-corrected chi connectivity index (χ4v) is 1.43. The number of ether oxygens (including phenoxy) is 1. The SMILES string of the molecule is CCOC(=O)c1cn(-c2ccccc2F)cn1. The normalized spacial score (nSPS) is 10.2. The van der Waals surface area contributed by atoms with Crippen LogP contribution in [-0.2, 0) is 4.74 Å². The molecule has 1 aromatic carbocycles. The van der Waals surface area contributed by atoms with Crippen LogP contribution in [0, 0.1) is 5.82 Å². The number of hydrogen-bond acceptors (Lipinski definition) is 3. The highest BCUT2D eigenvalue weighted by molar-refractivity contribution is 5.87. The van der Waals surface area contributed by atoms with Crippen LogP contribution in [0.15, 0.2) is 36.8 Å². The molecule has 0 N–H and O–H groups in total. The zero-order chi connectivity index (χ0) is 12.3. The van der Waals surface area contributed by atoms with Gasteiger partial charge in [-0.3, -0.25) is 0 Å². The van der Waals surface area contributed by atoms with Crippen LogP contribution in [0.25, 0.3) is 5.69 Å². The van der Waals surface area contributed by atoms with Crippen molar-refractivity contribution in [3.05, 3.63) is 48.3 Å². The van der Waals surface area contributed by atoms with E-state index < -0.39 is 5.97 Å². The zero-order valence-electron chi connectivity index (χ0n) is 9.26. The number of halogens is 1. The van der Waals surface area contributed by atoms with E-state index in [9.17, 15) is 9.18 Å². The van der Waals surface area contributed by atoms with Crippen LogP contribution in [0.5, 0.6) is 0 Å². The zero-order valence-corrected chi connectivity index (χ0v) is 9.26. The summed E-state index contributed by atoms with van der Waals surface area (Å²) in [7, 11) is 0. The number of carbonyl (C=O) groups excluding carboxylic acids is 1. The molecule has 0 radical (unpaired) electrons. The molecule has 0 bridgehead atoms. The maximum atomic E-state index is 13.5. The van der Waals surface area contributed by atoms with E-state index in [2.05, 4.69) is 4.98 Å². The molecule has 0 saturated carbocycles. The summed E-state index contributed by atoms with van der Waals surface area (Å²) in [5.41, 5.74) is 0.505. The maximum absolute atomic E-state index is 13.5. The van der Waals surface area contributed by atoms with Gasteiger partial charge in [0.2, 0.25) is 0 Å². The first-order chi connectivity index (χ1) is 8.22. The summed E-state index contributed by atoms with van der Waals surface area (Å²) in [5.74, 6) is -0.886. The van der Waals surface area contributed by atoms with E-state index >= 15 is 0 Å². The summed E-state index contributed by atoms with van der Waals surface area (Å²) in [6.45, 7) is 2.00. The quantitative estimate of drug-likeness (QED) is 0.764. The number of carbonyl (C=O) groups is 1. The van der Waals surface area contributed by atoms with Gasteiger partial charge < -0.3 is 9.30 Å². The minimum absolute atomic E-state index is 0.162. The molecule has 0 fully saturated rings. The third kappa shape index (κ3) is 2.33. The van der Waals surface area contributed by atoms with Crippen molar-refractivity contribution < 1.29 is 13.9 Å². The van der Waals surface area contributed by atoms with Crippen molar-refractivity contribution >= 4 is 5.97 Å². The summed E-state index contributed by atoms with van der Waals surface area (Å²) in [6, 6.07) is 6.26. The second-order valence-electron chi connectivity index (χ2n) is 3.34. The number of aromatic nitrogens is 2. The van der Waals surface area contributed by atoms with E-state index in [0.29, 0.717) is 5.69 Å². The molecule has 4 nitrogen and oxygen atoms in total. The number of rotatable bonds is 3. The lowest BCUT2D eigenvalue weighted by Crippen LogP contribution is -2.04. The van der Waals surface area contributed by atoms with Gasteiger partial charge in [-0.1, -0.05) is 12.1 Å². The van der Waals surface area contributed by atoms with Gasteiger partial charge in [0.15, 0.2) is 5.69 Å². The molecule has 1 aromatic heterocycles. The first-order valence-corrected chi connectivity index (χ1v) is 5.18. The standard InChI is InChI=1S/C12H11FN2O2/c1-2-17-12(16)10-7-15(8-14-10)11-6-4-3-5-9(11)13/h3-8H,2H2,1H3. The Morgan fingerprint density at radius 3 is 2.94 bits per heavy atom. The molecule has 0 aliphatic rings. The summed E-state index contributed by atoms with van der Waals surface area (Å²) in [6.07, 6.45) is 2.82. The second-order valence-corrected chi connectivity index (χ2v) is 3.34. The van der Waals surface area contributed by atoms with Crippen LogP contribution in [0.1, 0.15) is 17.4 Å². The van der Waals surface area contributed by atoms with E-state index in [4.69, 9.17) is 4.74 Å². The van der Waals surface area contributed by atoms with E-state index in [-0.39, 0.29) is 18.1 Å². The van der Waals surface area contributed by atoms with Crippen LogP contribution in [0.4, 0.5) is 4.39 Å². The summed E-state index contributed by atoms with van der Waals surface area (Å²) < 4.78 is 19.7. The fourth-order valence-electron chi connectivity index (χ4n) is 1.43. The third-order valence-corrected chi connectivity index (χ3v) is 2.20. The Hall–Kier alpha value is -2.17. The first kappa shape index (κ1) is 11.3. The average Bonchev–Trinajstić information content (AvgIpc) is 2.79. The second kappa shape index (κ2) is 4.78. The van der Waals surface area contributed by atoms with E-state index in [0.717, 1.165) is 0 Å². The van der Waals surface area contributed by atoms with Gasteiger partial charge in [0.25, 0.3) is 0 Å². The van der Waals surface area contributed by atoms with Crippen molar-refractivity contribution in [2.24, 2.45) is 0 Å². The molecule has 2 rings (SSSR count). The van der Waals surface area contributed by atoms with Gasteiger partial charge in [-0.15, -0.1) is 0 Å². The minimum atomic E-state index is -0.511. The minimum Gasteiger partial charge on any atom is -0.461 e. The number of esters is 1. The molecule has 0 atom stereocenters. The van der Waals surface area contributed by atoms with Crippen molar-refractivity contribution in [3.8, 4) is 5.69 Å². The molecule has 0 aliphatic heterocycles. The van der Waals surface area contributed by atoms with E-state index in [1.807, 2.05) is 0 Å².